The molecule has 2 fully saturated rings. The Bertz CT molecular complexity index is 192. The van der Waals surface area contributed by atoms with E-state index in [1.54, 1.807) is 0 Å². The average molecular weight is 226 g/mol. The lowest BCUT2D eigenvalue weighted by Crippen LogP contribution is -2.42. The molecule has 0 spiro atoms. The van der Waals surface area contributed by atoms with E-state index in [0.29, 0.717) is 6.61 Å². The van der Waals surface area contributed by atoms with Gasteiger partial charge in [-0.1, -0.05) is 0 Å². The smallest absolute Gasteiger partial charge is 0.0443 e. The zero-order valence-electron chi connectivity index (χ0n) is 10.3. The largest absolute Gasteiger partial charge is 0.396 e. The van der Waals surface area contributed by atoms with E-state index < -0.39 is 0 Å². The average Bonchev–Trinajstić information content (AvgIpc) is 2.38. The Morgan fingerprint density at radius 3 is 2.69 bits per heavy atom. The number of aliphatic hydroxyl groups is 1. The summed E-state index contributed by atoms with van der Waals surface area (Å²) >= 11 is 0. The minimum absolute atomic E-state index is 0.342. The predicted octanol–water partition coefficient (Wildman–Crippen LogP) is 1.08. The van der Waals surface area contributed by atoms with Crippen molar-refractivity contribution >= 4 is 0 Å². The first kappa shape index (κ1) is 12.3. The fraction of sp³-hybridized carbons (Fsp3) is 1.00. The Labute approximate surface area is 99.2 Å². The molecule has 0 aromatic carbocycles. The lowest BCUT2D eigenvalue weighted by Gasteiger charge is -2.38. The van der Waals surface area contributed by atoms with Crippen LogP contribution < -0.4 is 5.32 Å². The Morgan fingerprint density at radius 2 is 1.94 bits per heavy atom. The summed E-state index contributed by atoms with van der Waals surface area (Å²) in [7, 11) is 0. The van der Waals surface area contributed by atoms with Gasteiger partial charge in [-0.2, -0.15) is 0 Å². The van der Waals surface area contributed by atoms with Crippen LogP contribution in [0.5, 0.6) is 0 Å². The number of nitrogens with one attached hydrogen (secondary N) is 1. The minimum atomic E-state index is 0.342. The lowest BCUT2D eigenvalue weighted by atomic mass is 9.80. The van der Waals surface area contributed by atoms with Crippen LogP contribution in [0, 0.1) is 11.8 Å². The quantitative estimate of drug-likeness (QED) is 0.753. The summed E-state index contributed by atoms with van der Waals surface area (Å²) in [5, 5.41) is 12.3. The molecule has 2 heterocycles. The standard InChI is InChI=1S/C13H26N2O/c16-10-2-9-15-8-1-3-13(11-15)12-4-6-14-7-5-12/h12-14,16H,1-11H2/t13-/m0/s1. The second kappa shape index (κ2) is 6.58. The molecule has 2 aliphatic heterocycles. The molecule has 0 saturated carbocycles. The van der Waals surface area contributed by atoms with E-state index in [9.17, 15) is 0 Å². The monoisotopic (exact) mass is 226 g/mol. The molecule has 2 aliphatic rings. The summed E-state index contributed by atoms with van der Waals surface area (Å²) in [4.78, 5) is 2.56. The van der Waals surface area contributed by atoms with Crippen LogP contribution in [0.1, 0.15) is 32.1 Å². The molecule has 3 heteroatoms. The van der Waals surface area contributed by atoms with Crippen molar-refractivity contribution in [2.45, 2.75) is 32.1 Å². The Balaban J connectivity index is 1.76. The van der Waals surface area contributed by atoms with Crippen LogP contribution in [-0.2, 0) is 0 Å². The number of hydrogen-bond acceptors (Lipinski definition) is 3. The molecule has 0 aliphatic carbocycles. The van der Waals surface area contributed by atoms with Gasteiger partial charge in [-0.15, -0.1) is 0 Å². The van der Waals surface area contributed by atoms with Gasteiger partial charge in [0.25, 0.3) is 0 Å². The van der Waals surface area contributed by atoms with Gasteiger partial charge in [0, 0.05) is 19.7 Å². The van der Waals surface area contributed by atoms with E-state index in [2.05, 4.69) is 10.2 Å². The van der Waals surface area contributed by atoms with Crippen LogP contribution in [-0.4, -0.2) is 49.3 Å². The van der Waals surface area contributed by atoms with Crippen molar-refractivity contribution in [3.05, 3.63) is 0 Å². The van der Waals surface area contributed by atoms with E-state index in [1.165, 1.54) is 51.9 Å². The fourth-order valence-electron chi connectivity index (χ4n) is 3.29. The lowest BCUT2D eigenvalue weighted by molar-refractivity contribution is 0.111. The van der Waals surface area contributed by atoms with E-state index in [1.807, 2.05) is 0 Å². The minimum Gasteiger partial charge on any atom is -0.396 e. The highest BCUT2D eigenvalue weighted by Gasteiger charge is 2.27. The number of rotatable bonds is 4. The van der Waals surface area contributed by atoms with Gasteiger partial charge in [0.05, 0.1) is 0 Å². The van der Waals surface area contributed by atoms with Crippen LogP contribution in [0.25, 0.3) is 0 Å². The van der Waals surface area contributed by atoms with Gasteiger partial charge in [-0.3, -0.25) is 0 Å². The van der Waals surface area contributed by atoms with Gasteiger partial charge in [0.1, 0.15) is 0 Å². The second-order valence-corrected chi connectivity index (χ2v) is 5.37. The van der Waals surface area contributed by atoms with Gasteiger partial charge in [-0.05, 0) is 63.6 Å². The second-order valence-electron chi connectivity index (χ2n) is 5.37. The van der Waals surface area contributed by atoms with Crippen LogP contribution >= 0.6 is 0 Å². The molecule has 2 rings (SSSR count). The van der Waals surface area contributed by atoms with E-state index in [4.69, 9.17) is 5.11 Å². The normalized spacial score (nSPS) is 29.4. The molecule has 2 N–H and O–H groups in total. The highest BCUT2D eigenvalue weighted by atomic mass is 16.3. The molecule has 16 heavy (non-hydrogen) atoms. The number of nitrogens with zero attached hydrogens (tertiary/aromatic N) is 1. The molecule has 2 saturated heterocycles. The Kier molecular flexibility index (Phi) is 5.07. The first-order valence-corrected chi connectivity index (χ1v) is 6.94. The maximum atomic E-state index is 8.88. The summed E-state index contributed by atoms with van der Waals surface area (Å²) in [5.74, 6) is 1.88. The van der Waals surface area contributed by atoms with Crippen LogP contribution in [0.4, 0.5) is 0 Å². The molecule has 1 atom stereocenters. The summed E-state index contributed by atoms with van der Waals surface area (Å²) in [6.07, 6.45) is 6.48. The van der Waals surface area contributed by atoms with Crippen molar-refractivity contribution in [3.8, 4) is 0 Å². The van der Waals surface area contributed by atoms with Gasteiger partial charge < -0.3 is 15.3 Å². The number of aliphatic hydroxyl groups excluding tert-OH is 1. The van der Waals surface area contributed by atoms with Crippen LogP contribution in [0.3, 0.4) is 0 Å². The molecular weight excluding hydrogens is 200 g/mol. The third-order valence-corrected chi connectivity index (χ3v) is 4.22. The molecule has 3 nitrogen and oxygen atoms in total. The molecular formula is C13H26N2O. The summed E-state index contributed by atoms with van der Waals surface area (Å²) in [5.41, 5.74) is 0. The molecule has 0 radical (unpaired) electrons. The zero-order valence-corrected chi connectivity index (χ0v) is 10.3. The van der Waals surface area contributed by atoms with Crippen molar-refractivity contribution in [1.82, 2.24) is 10.2 Å². The molecule has 0 unspecified atom stereocenters. The Hall–Kier alpha value is -0.120. The van der Waals surface area contributed by atoms with Gasteiger partial charge in [0.2, 0.25) is 0 Å². The van der Waals surface area contributed by atoms with Crippen molar-refractivity contribution in [1.29, 1.82) is 0 Å². The van der Waals surface area contributed by atoms with Crippen molar-refractivity contribution in [2.75, 3.05) is 39.3 Å². The third kappa shape index (κ3) is 3.44. The topological polar surface area (TPSA) is 35.5 Å². The van der Waals surface area contributed by atoms with Crippen molar-refractivity contribution in [2.24, 2.45) is 11.8 Å². The van der Waals surface area contributed by atoms with Crippen LogP contribution in [0.2, 0.25) is 0 Å². The van der Waals surface area contributed by atoms with Gasteiger partial charge in [0.15, 0.2) is 0 Å². The molecule has 0 amide bonds. The molecule has 94 valence electrons. The molecule has 0 aromatic rings. The van der Waals surface area contributed by atoms with Crippen LogP contribution in [0.15, 0.2) is 0 Å². The SMILES string of the molecule is OCCCN1CCC[C@H](C2CCNCC2)C1. The third-order valence-electron chi connectivity index (χ3n) is 4.22. The number of likely N-dealkylation sites (tertiary alicyclic amines) is 1. The number of piperidine rings is 2. The van der Waals surface area contributed by atoms with E-state index >= 15 is 0 Å². The maximum Gasteiger partial charge on any atom is 0.0443 e. The van der Waals surface area contributed by atoms with Gasteiger partial charge >= 0.3 is 0 Å². The highest BCUT2D eigenvalue weighted by Crippen LogP contribution is 2.29. The predicted molar refractivity (Wildman–Crippen MR) is 66.5 cm³/mol. The van der Waals surface area contributed by atoms with E-state index in [0.717, 1.165) is 24.8 Å². The fourth-order valence-corrected chi connectivity index (χ4v) is 3.29. The highest BCUT2D eigenvalue weighted by molar-refractivity contribution is 4.81. The Morgan fingerprint density at radius 1 is 1.12 bits per heavy atom. The zero-order chi connectivity index (χ0) is 11.2. The first-order valence-electron chi connectivity index (χ1n) is 6.94. The van der Waals surface area contributed by atoms with Gasteiger partial charge in [-0.25, -0.2) is 0 Å². The van der Waals surface area contributed by atoms with E-state index in [-0.39, 0.29) is 0 Å². The molecule has 0 bridgehead atoms. The summed E-state index contributed by atoms with van der Waals surface area (Å²) in [6.45, 7) is 6.41. The maximum absolute atomic E-state index is 8.88. The first-order chi connectivity index (χ1) is 7.90. The molecule has 0 aromatic heterocycles. The van der Waals surface area contributed by atoms with Crippen molar-refractivity contribution < 1.29 is 5.11 Å². The summed E-state index contributed by atoms with van der Waals surface area (Å²) < 4.78 is 0. The summed E-state index contributed by atoms with van der Waals surface area (Å²) in [6, 6.07) is 0. The number of hydrogen-bond donors (Lipinski definition) is 2. The van der Waals surface area contributed by atoms with Crippen molar-refractivity contribution in [3.63, 3.8) is 0 Å².